The van der Waals surface area contributed by atoms with Gasteiger partial charge in [-0.05, 0) is 37.1 Å². The maximum Gasteiger partial charge on any atom is 0.138 e. The maximum absolute atomic E-state index is 10.1. The SMILES string of the molecule is Oc1cc2cc(Cl)ccc2nc1C1CCCCC1. The third-order valence-electron chi connectivity index (χ3n) is 3.78. The van der Waals surface area contributed by atoms with Crippen LogP contribution in [0.2, 0.25) is 5.02 Å². The van der Waals surface area contributed by atoms with Crippen LogP contribution in [0.25, 0.3) is 10.9 Å². The molecule has 1 heterocycles. The summed E-state index contributed by atoms with van der Waals surface area (Å²) in [7, 11) is 0. The molecule has 1 saturated carbocycles. The number of hydrogen-bond donors (Lipinski definition) is 1. The van der Waals surface area contributed by atoms with Crippen molar-refractivity contribution in [1.82, 2.24) is 4.98 Å². The molecule has 0 bridgehead atoms. The van der Waals surface area contributed by atoms with E-state index in [1.807, 2.05) is 18.2 Å². The van der Waals surface area contributed by atoms with E-state index in [4.69, 9.17) is 11.6 Å². The Balaban J connectivity index is 2.06. The van der Waals surface area contributed by atoms with Gasteiger partial charge in [-0.15, -0.1) is 0 Å². The van der Waals surface area contributed by atoms with Crippen molar-refractivity contribution in [3.63, 3.8) is 0 Å². The van der Waals surface area contributed by atoms with Gasteiger partial charge in [-0.3, -0.25) is 0 Å². The summed E-state index contributed by atoms with van der Waals surface area (Å²) < 4.78 is 0. The fourth-order valence-electron chi connectivity index (χ4n) is 2.83. The van der Waals surface area contributed by atoms with Crippen molar-refractivity contribution >= 4 is 22.5 Å². The lowest BCUT2D eigenvalue weighted by atomic mass is 9.86. The highest BCUT2D eigenvalue weighted by Gasteiger charge is 2.20. The first-order valence-corrected chi connectivity index (χ1v) is 6.91. The van der Waals surface area contributed by atoms with Crippen molar-refractivity contribution < 1.29 is 5.11 Å². The Morgan fingerprint density at radius 1 is 1.11 bits per heavy atom. The smallest absolute Gasteiger partial charge is 0.138 e. The summed E-state index contributed by atoms with van der Waals surface area (Å²) in [5.41, 5.74) is 1.78. The minimum atomic E-state index is 0.316. The zero-order valence-corrected chi connectivity index (χ0v) is 11.0. The number of rotatable bonds is 1. The van der Waals surface area contributed by atoms with Gasteiger partial charge in [-0.2, -0.15) is 0 Å². The Morgan fingerprint density at radius 3 is 2.67 bits per heavy atom. The summed E-state index contributed by atoms with van der Waals surface area (Å²) in [5.74, 6) is 0.732. The Hall–Kier alpha value is -1.28. The number of pyridine rings is 1. The van der Waals surface area contributed by atoms with E-state index in [1.165, 1.54) is 19.3 Å². The Morgan fingerprint density at radius 2 is 1.89 bits per heavy atom. The van der Waals surface area contributed by atoms with Crippen LogP contribution < -0.4 is 0 Å². The first-order valence-electron chi connectivity index (χ1n) is 6.53. The van der Waals surface area contributed by atoms with Crippen molar-refractivity contribution in [2.24, 2.45) is 0 Å². The van der Waals surface area contributed by atoms with Crippen LogP contribution >= 0.6 is 11.6 Å². The molecule has 0 spiro atoms. The van der Waals surface area contributed by atoms with Crippen LogP contribution in [0.15, 0.2) is 24.3 Å². The molecule has 1 fully saturated rings. The molecule has 2 nitrogen and oxygen atoms in total. The van der Waals surface area contributed by atoms with E-state index in [0.29, 0.717) is 16.7 Å². The zero-order valence-electron chi connectivity index (χ0n) is 10.2. The van der Waals surface area contributed by atoms with Crippen molar-refractivity contribution in [3.05, 3.63) is 35.0 Å². The number of benzene rings is 1. The molecule has 0 amide bonds. The molecule has 1 aliphatic rings. The Kier molecular flexibility index (Phi) is 3.13. The van der Waals surface area contributed by atoms with Crippen LogP contribution in [-0.4, -0.2) is 10.1 Å². The highest BCUT2D eigenvalue weighted by molar-refractivity contribution is 6.31. The van der Waals surface area contributed by atoms with E-state index < -0.39 is 0 Å². The van der Waals surface area contributed by atoms with E-state index in [9.17, 15) is 5.11 Å². The fourth-order valence-corrected chi connectivity index (χ4v) is 3.01. The van der Waals surface area contributed by atoms with Crippen molar-refractivity contribution in [3.8, 4) is 5.75 Å². The summed E-state index contributed by atoms with van der Waals surface area (Å²) >= 11 is 5.95. The van der Waals surface area contributed by atoms with Gasteiger partial charge in [0, 0.05) is 16.3 Å². The second kappa shape index (κ2) is 4.77. The lowest BCUT2D eigenvalue weighted by Crippen LogP contribution is -2.06. The van der Waals surface area contributed by atoms with Gasteiger partial charge in [0.25, 0.3) is 0 Å². The molecule has 1 aliphatic carbocycles. The molecule has 3 rings (SSSR count). The predicted octanol–water partition coefficient (Wildman–Crippen LogP) is 4.64. The van der Waals surface area contributed by atoms with E-state index in [1.54, 1.807) is 6.07 Å². The van der Waals surface area contributed by atoms with Gasteiger partial charge >= 0.3 is 0 Å². The molecule has 0 saturated heterocycles. The molecule has 0 atom stereocenters. The van der Waals surface area contributed by atoms with Gasteiger partial charge < -0.3 is 5.11 Å². The van der Waals surface area contributed by atoms with Gasteiger partial charge in [0.05, 0.1) is 11.2 Å². The topological polar surface area (TPSA) is 33.1 Å². The quantitative estimate of drug-likeness (QED) is 0.811. The molecular weight excluding hydrogens is 246 g/mol. The lowest BCUT2D eigenvalue weighted by Gasteiger charge is -2.22. The summed E-state index contributed by atoms with van der Waals surface area (Å²) in [5, 5.41) is 11.7. The van der Waals surface area contributed by atoms with Crippen molar-refractivity contribution in [2.45, 2.75) is 38.0 Å². The number of aromatic nitrogens is 1. The largest absolute Gasteiger partial charge is 0.506 e. The van der Waals surface area contributed by atoms with Crippen molar-refractivity contribution in [2.75, 3.05) is 0 Å². The fraction of sp³-hybridized carbons (Fsp3) is 0.400. The normalized spacial score (nSPS) is 17.2. The molecule has 18 heavy (non-hydrogen) atoms. The van der Waals surface area contributed by atoms with Crippen LogP contribution in [0, 0.1) is 0 Å². The standard InChI is InChI=1S/C15H16ClNO/c16-12-6-7-13-11(8-12)9-14(18)15(17-13)10-4-2-1-3-5-10/h6-10,18H,1-5H2. The van der Waals surface area contributed by atoms with E-state index in [0.717, 1.165) is 29.4 Å². The van der Waals surface area contributed by atoms with E-state index >= 15 is 0 Å². The third kappa shape index (κ3) is 2.17. The molecule has 0 aliphatic heterocycles. The molecule has 0 radical (unpaired) electrons. The average molecular weight is 262 g/mol. The van der Waals surface area contributed by atoms with Gasteiger partial charge in [0.2, 0.25) is 0 Å². The van der Waals surface area contributed by atoms with E-state index in [2.05, 4.69) is 4.98 Å². The first kappa shape index (κ1) is 11.8. The van der Waals surface area contributed by atoms with Crippen LogP contribution in [-0.2, 0) is 0 Å². The van der Waals surface area contributed by atoms with Gasteiger partial charge in [-0.1, -0.05) is 30.9 Å². The van der Waals surface area contributed by atoms with E-state index in [-0.39, 0.29) is 0 Å². The Labute approximate surface area is 112 Å². The minimum absolute atomic E-state index is 0.316. The molecule has 3 heteroatoms. The summed E-state index contributed by atoms with van der Waals surface area (Å²) in [6.45, 7) is 0. The van der Waals surface area contributed by atoms with Crippen LogP contribution in [0.1, 0.15) is 43.7 Å². The zero-order chi connectivity index (χ0) is 12.5. The molecule has 94 valence electrons. The second-order valence-electron chi connectivity index (χ2n) is 5.06. The van der Waals surface area contributed by atoms with Crippen molar-refractivity contribution in [1.29, 1.82) is 0 Å². The maximum atomic E-state index is 10.1. The third-order valence-corrected chi connectivity index (χ3v) is 4.01. The van der Waals surface area contributed by atoms with Gasteiger partial charge in [0.15, 0.2) is 0 Å². The molecular formula is C15H16ClNO. The minimum Gasteiger partial charge on any atom is -0.506 e. The number of nitrogens with zero attached hydrogens (tertiary/aromatic N) is 1. The summed E-state index contributed by atoms with van der Waals surface area (Å²) in [4.78, 5) is 4.63. The Bertz CT molecular complexity index is 576. The van der Waals surface area contributed by atoms with Gasteiger partial charge in [-0.25, -0.2) is 4.98 Å². The molecule has 0 unspecified atom stereocenters. The first-order chi connectivity index (χ1) is 8.74. The highest BCUT2D eigenvalue weighted by atomic mass is 35.5. The number of hydrogen-bond acceptors (Lipinski definition) is 2. The van der Waals surface area contributed by atoms with Crippen LogP contribution in [0.4, 0.5) is 0 Å². The van der Waals surface area contributed by atoms with Crippen LogP contribution in [0.3, 0.4) is 0 Å². The lowest BCUT2D eigenvalue weighted by molar-refractivity contribution is 0.407. The number of aromatic hydroxyl groups is 1. The average Bonchev–Trinajstić information content (AvgIpc) is 2.39. The highest BCUT2D eigenvalue weighted by Crippen LogP contribution is 2.37. The van der Waals surface area contributed by atoms with Gasteiger partial charge in [0.1, 0.15) is 5.75 Å². The number of halogens is 1. The molecule has 2 aromatic rings. The van der Waals surface area contributed by atoms with Crippen LogP contribution in [0.5, 0.6) is 5.75 Å². The molecule has 1 aromatic heterocycles. The predicted molar refractivity (Wildman–Crippen MR) is 74.2 cm³/mol. The molecule has 1 N–H and O–H groups in total. The monoisotopic (exact) mass is 261 g/mol. The summed E-state index contributed by atoms with van der Waals surface area (Å²) in [6, 6.07) is 7.40. The summed E-state index contributed by atoms with van der Waals surface area (Å²) in [6.07, 6.45) is 6.06. The molecule has 1 aromatic carbocycles. The second-order valence-corrected chi connectivity index (χ2v) is 5.50. The number of fused-ring (bicyclic) bond motifs is 1.